The van der Waals surface area contributed by atoms with Crippen molar-refractivity contribution in [1.29, 1.82) is 0 Å². The van der Waals surface area contributed by atoms with Crippen LogP contribution in [0.3, 0.4) is 0 Å². The third kappa shape index (κ3) is 2.94. The van der Waals surface area contributed by atoms with E-state index in [1.165, 1.54) is 23.1 Å². The van der Waals surface area contributed by atoms with E-state index in [9.17, 15) is 9.59 Å². The second-order valence-electron chi connectivity index (χ2n) is 3.54. The SMILES string of the molecule is CSc1ncccc1C(=O)Nc1sccc1C(N)=O. The Morgan fingerprint density at radius 2 is 2.16 bits per heavy atom. The third-order valence-corrected chi connectivity index (χ3v) is 3.91. The molecule has 0 aromatic carbocycles. The van der Waals surface area contributed by atoms with Crippen molar-refractivity contribution in [1.82, 2.24) is 4.98 Å². The molecule has 0 atom stereocenters. The highest BCUT2D eigenvalue weighted by Crippen LogP contribution is 2.24. The Hall–Kier alpha value is -1.86. The van der Waals surface area contributed by atoms with Gasteiger partial charge in [-0.3, -0.25) is 9.59 Å². The first kappa shape index (κ1) is 13.6. The van der Waals surface area contributed by atoms with Crippen molar-refractivity contribution in [2.75, 3.05) is 11.6 Å². The van der Waals surface area contributed by atoms with Crippen LogP contribution in [0.1, 0.15) is 20.7 Å². The number of thioether (sulfide) groups is 1. The van der Waals surface area contributed by atoms with Crippen LogP contribution < -0.4 is 11.1 Å². The number of nitrogens with zero attached hydrogens (tertiary/aromatic N) is 1. The monoisotopic (exact) mass is 293 g/mol. The first-order chi connectivity index (χ1) is 9.13. The van der Waals surface area contributed by atoms with E-state index < -0.39 is 5.91 Å². The molecule has 0 aliphatic rings. The number of nitrogens with one attached hydrogen (secondary N) is 1. The summed E-state index contributed by atoms with van der Waals surface area (Å²) in [5.41, 5.74) is 6.01. The summed E-state index contributed by atoms with van der Waals surface area (Å²) >= 11 is 2.64. The van der Waals surface area contributed by atoms with Crippen molar-refractivity contribution >= 4 is 39.9 Å². The maximum absolute atomic E-state index is 12.2. The number of amides is 2. The minimum absolute atomic E-state index is 0.303. The zero-order valence-corrected chi connectivity index (χ0v) is 11.7. The zero-order valence-electron chi connectivity index (χ0n) is 10.0. The summed E-state index contributed by atoms with van der Waals surface area (Å²) in [6.45, 7) is 0. The van der Waals surface area contributed by atoms with Gasteiger partial charge in [0.1, 0.15) is 10.0 Å². The predicted molar refractivity (Wildman–Crippen MR) is 76.8 cm³/mol. The molecule has 0 radical (unpaired) electrons. The summed E-state index contributed by atoms with van der Waals surface area (Å²) in [7, 11) is 0. The van der Waals surface area contributed by atoms with E-state index in [1.807, 2.05) is 6.26 Å². The van der Waals surface area contributed by atoms with E-state index >= 15 is 0 Å². The molecule has 2 amide bonds. The number of pyridine rings is 1. The number of carbonyl (C=O) groups is 2. The maximum atomic E-state index is 12.2. The highest BCUT2D eigenvalue weighted by molar-refractivity contribution is 7.98. The Balaban J connectivity index is 2.26. The van der Waals surface area contributed by atoms with E-state index in [4.69, 9.17) is 5.73 Å². The van der Waals surface area contributed by atoms with Crippen LogP contribution in [0, 0.1) is 0 Å². The first-order valence-corrected chi connectivity index (χ1v) is 7.41. The molecule has 2 aromatic heterocycles. The molecule has 98 valence electrons. The molecular formula is C12H11N3O2S2. The molecule has 19 heavy (non-hydrogen) atoms. The normalized spacial score (nSPS) is 10.2. The number of rotatable bonds is 4. The number of primary amides is 1. The fourth-order valence-corrected chi connectivity index (χ4v) is 2.83. The molecular weight excluding hydrogens is 282 g/mol. The van der Waals surface area contributed by atoms with Crippen LogP contribution in [0.25, 0.3) is 0 Å². The van der Waals surface area contributed by atoms with E-state index in [-0.39, 0.29) is 5.91 Å². The summed E-state index contributed by atoms with van der Waals surface area (Å²) in [4.78, 5) is 27.5. The Morgan fingerprint density at radius 1 is 1.37 bits per heavy atom. The average Bonchev–Trinajstić information content (AvgIpc) is 2.87. The van der Waals surface area contributed by atoms with E-state index in [2.05, 4.69) is 10.3 Å². The number of aromatic nitrogens is 1. The van der Waals surface area contributed by atoms with Gasteiger partial charge in [0.2, 0.25) is 0 Å². The number of nitrogens with two attached hydrogens (primary N) is 1. The van der Waals surface area contributed by atoms with Crippen molar-refractivity contribution in [2.45, 2.75) is 5.03 Å². The summed E-state index contributed by atoms with van der Waals surface area (Å²) < 4.78 is 0. The minimum Gasteiger partial charge on any atom is -0.366 e. The maximum Gasteiger partial charge on any atom is 0.259 e. The molecule has 0 aliphatic heterocycles. The summed E-state index contributed by atoms with van der Waals surface area (Å²) in [5, 5.41) is 5.48. The second kappa shape index (κ2) is 5.85. The Morgan fingerprint density at radius 3 is 2.84 bits per heavy atom. The molecule has 2 heterocycles. The van der Waals surface area contributed by atoms with Gasteiger partial charge in [-0.15, -0.1) is 23.1 Å². The fraction of sp³-hybridized carbons (Fsp3) is 0.0833. The third-order valence-electron chi connectivity index (χ3n) is 2.37. The van der Waals surface area contributed by atoms with Gasteiger partial charge < -0.3 is 11.1 Å². The molecule has 0 unspecified atom stereocenters. The number of hydrogen-bond donors (Lipinski definition) is 2. The van der Waals surface area contributed by atoms with E-state index in [0.29, 0.717) is 21.2 Å². The standard InChI is InChI=1S/C12H11N3O2S2/c1-18-11-8(3-2-5-14-11)10(17)15-12-7(9(13)16)4-6-19-12/h2-6H,1H3,(H2,13,16)(H,15,17). The predicted octanol–water partition coefficient (Wildman–Crippen LogP) is 2.22. The van der Waals surface area contributed by atoms with Crippen LogP contribution in [-0.2, 0) is 0 Å². The Labute approximate surface area is 118 Å². The van der Waals surface area contributed by atoms with Gasteiger partial charge in [0, 0.05) is 6.20 Å². The summed E-state index contributed by atoms with van der Waals surface area (Å²) in [5.74, 6) is -0.866. The molecule has 0 fully saturated rings. The minimum atomic E-state index is -0.562. The van der Waals surface area contributed by atoms with Crippen LogP contribution in [0.15, 0.2) is 34.8 Å². The number of thiophene rings is 1. The van der Waals surface area contributed by atoms with Gasteiger partial charge in [-0.05, 0) is 29.8 Å². The van der Waals surface area contributed by atoms with Gasteiger partial charge in [0.25, 0.3) is 11.8 Å². The Bertz CT molecular complexity index is 625. The van der Waals surface area contributed by atoms with E-state index in [0.717, 1.165) is 0 Å². The molecule has 0 saturated carbocycles. The Kier molecular flexibility index (Phi) is 4.18. The van der Waals surface area contributed by atoms with Gasteiger partial charge in [-0.25, -0.2) is 4.98 Å². The lowest BCUT2D eigenvalue weighted by Crippen LogP contribution is -2.17. The highest BCUT2D eigenvalue weighted by atomic mass is 32.2. The molecule has 2 aromatic rings. The van der Waals surface area contributed by atoms with Gasteiger partial charge >= 0.3 is 0 Å². The lowest BCUT2D eigenvalue weighted by atomic mass is 10.2. The van der Waals surface area contributed by atoms with E-state index in [1.54, 1.807) is 29.8 Å². The molecule has 0 aliphatic carbocycles. The summed E-state index contributed by atoms with van der Waals surface area (Å²) in [6, 6.07) is 4.96. The largest absolute Gasteiger partial charge is 0.366 e. The highest BCUT2D eigenvalue weighted by Gasteiger charge is 2.16. The second-order valence-corrected chi connectivity index (χ2v) is 5.25. The number of carbonyl (C=O) groups excluding carboxylic acids is 2. The van der Waals surface area contributed by atoms with Crippen LogP contribution in [0.5, 0.6) is 0 Å². The fourth-order valence-electron chi connectivity index (χ4n) is 1.50. The molecule has 0 bridgehead atoms. The lowest BCUT2D eigenvalue weighted by molar-refractivity contribution is 0.100. The lowest BCUT2D eigenvalue weighted by Gasteiger charge is -2.07. The van der Waals surface area contributed by atoms with Crippen molar-refractivity contribution in [3.63, 3.8) is 0 Å². The van der Waals surface area contributed by atoms with Crippen LogP contribution in [0.2, 0.25) is 0 Å². The molecule has 2 rings (SSSR count). The average molecular weight is 293 g/mol. The zero-order chi connectivity index (χ0) is 13.8. The summed E-state index contributed by atoms with van der Waals surface area (Å²) in [6.07, 6.45) is 3.47. The topological polar surface area (TPSA) is 85.1 Å². The van der Waals surface area contributed by atoms with Gasteiger partial charge in [-0.2, -0.15) is 0 Å². The van der Waals surface area contributed by atoms with Crippen molar-refractivity contribution < 1.29 is 9.59 Å². The molecule has 5 nitrogen and oxygen atoms in total. The van der Waals surface area contributed by atoms with Crippen LogP contribution >= 0.6 is 23.1 Å². The molecule has 7 heteroatoms. The van der Waals surface area contributed by atoms with Gasteiger partial charge in [0.15, 0.2) is 0 Å². The molecule has 3 N–H and O–H groups in total. The van der Waals surface area contributed by atoms with Gasteiger partial charge in [-0.1, -0.05) is 0 Å². The molecule has 0 saturated heterocycles. The van der Waals surface area contributed by atoms with Crippen LogP contribution in [0.4, 0.5) is 5.00 Å². The first-order valence-electron chi connectivity index (χ1n) is 5.31. The number of hydrogen-bond acceptors (Lipinski definition) is 5. The van der Waals surface area contributed by atoms with Crippen LogP contribution in [-0.4, -0.2) is 23.1 Å². The van der Waals surface area contributed by atoms with Crippen molar-refractivity contribution in [2.24, 2.45) is 5.73 Å². The smallest absolute Gasteiger partial charge is 0.259 e. The quantitative estimate of drug-likeness (QED) is 0.846. The van der Waals surface area contributed by atoms with Gasteiger partial charge in [0.05, 0.1) is 11.1 Å². The molecule has 0 spiro atoms. The van der Waals surface area contributed by atoms with Crippen molar-refractivity contribution in [3.05, 3.63) is 40.9 Å². The number of anilines is 1. The van der Waals surface area contributed by atoms with Crippen molar-refractivity contribution in [3.8, 4) is 0 Å².